The van der Waals surface area contributed by atoms with Gasteiger partial charge in [-0.1, -0.05) is 18.2 Å². The molecular formula is C26H21N3O4. The number of para-hydroxylation sites is 1. The predicted molar refractivity (Wildman–Crippen MR) is 125 cm³/mol. The quantitative estimate of drug-likeness (QED) is 0.618. The molecule has 4 amide bonds. The summed E-state index contributed by atoms with van der Waals surface area (Å²) in [6, 6.07) is 18.8. The number of anilines is 3. The Morgan fingerprint density at radius 2 is 1.61 bits per heavy atom. The van der Waals surface area contributed by atoms with Gasteiger partial charge in [0.1, 0.15) is 0 Å². The van der Waals surface area contributed by atoms with Gasteiger partial charge in [0.05, 0.1) is 16.8 Å². The highest BCUT2D eigenvalue weighted by molar-refractivity contribution is 6.35. The van der Waals surface area contributed by atoms with Crippen molar-refractivity contribution in [3.05, 3.63) is 89.0 Å². The molecule has 2 aliphatic rings. The summed E-state index contributed by atoms with van der Waals surface area (Å²) in [7, 11) is 0. The van der Waals surface area contributed by atoms with Crippen molar-refractivity contribution in [3.8, 4) is 0 Å². The van der Waals surface area contributed by atoms with E-state index in [0.717, 1.165) is 22.6 Å². The molecule has 3 aromatic carbocycles. The summed E-state index contributed by atoms with van der Waals surface area (Å²) in [5.41, 5.74) is 3.47. The zero-order chi connectivity index (χ0) is 23.1. The van der Waals surface area contributed by atoms with Gasteiger partial charge in [0.15, 0.2) is 0 Å². The van der Waals surface area contributed by atoms with Crippen molar-refractivity contribution >= 4 is 40.7 Å². The number of aryl methyl sites for hydroxylation is 1. The Labute approximate surface area is 190 Å². The van der Waals surface area contributed by atoms with Crippen LogP contribution in [-0.2, 0) is 4.79 Å². The van der Waals surface area contributed by atoms with Crippen LogP contribution in [0.1, 0.15) is 49.5 Å². The van der Waals surface area contributed by atoms with Crippen molar-refractivity contribution in [2.45, 2.75) is 19.8 Å². The van der Waals surface area contributed by atoms with E-state index in [1.807, 2.05) is 19.1 Å². The molecule has 0 saturated carbocycles. The summed E-state index contributed by atoms with van der Waals surface area (Å²) >= 11 is 0. The van der Waals surface area contributed by atoms with Crippen molar-refractivity contribution < 1.29 is 19.2 Å². The molecule has 164 valence electrons. The maximum absolute atomic E-state index is 13.0. The molecule has 0 spiro atoms. The lowest BCUT2D eigenvalue weighted by Gasteiger charge is -2.16. The van der Waals surface area contributed by atoms with Crippen LogP contribution in [-0.4, -0.2) is 30.2 Å². The molecule has 0 atom stereocenters. The normalized spacial score (nSPS) is 15.2. The number of fused-ring (bicyclic) bond motifs is 1. The molecular weight excluding hydrogens is 418 g/mol. The predicted octanol–water partition coefficient (Wildman–Crippen LogP) is 4.17. The third-order valence-corrected chi connectivity index (χ3v) is 6.02. The molecule has 1 fully saturated rings. The van der Waals surface area contributed by atoms with E-state index in [1.165, 1.54) is 18.2 Å². The number of carbonyl (C=O) groups excluding carboxylic acids is 4. The van der Waals surface area contributed by atoms with Gasteiger partial charge in [0.2, 0.25) is 5.91 Å². The molecule has 7 nitrogen and oxygen atoms in total. The van der Waals surface area contributed by atoms with E-state index in [9.17, 15) is 19.2 Å². The molecule has 2 heterocycles. The Hall–Kier alpha value is -4.26. The molecule has 0 radical (unpaired) electrons. The van der Waals surface area contributed by atoms with Crippen molar-refractivity contribution in [3.63, 3.8) is 0 Å². The Kier molecular flexibility index (Phi) is 5.01. The average molecular weight is 439 g/mol. The fourth-order valence-corrected chi connectivity index (χ4v) is 4.26. The van der Waals surface area contributed by atoms with Crippen molar-refractivity contribution in [1.29, 1.82) is 0 Å². The Morgan fingerprint density at radius 1 is 0.879 bits per heavy atom. The molecule has 2 aliphatic heterocycles. The number of carbonyl (C=O) groups is 4. The van der Waals surface area contributed by atoms with E-state index in [-0.39, 0.29) is 22.6 Å². The first-order valence-electron chi connectivity index (χ1n) is 10.7. The summed E-state index contributed by atoms with van der Waals surface area (Å²) in [6.07, 6.45) is 1.40. The second kappa shape index (κ2) is 8.02. The molecule has 7 heteroatoms. The van der Waals surface area contributed by atoms with E-state index < -0.39 is 17.7 Å². The summed E-state index contributed by atoms with van der Waals surface area (Å²) in [4.78, 5) is 53.5. The molecule has 0 aliphatic carbocycles. The first-order valence-corrected chi connectivity index (χ1v) is 10.7. The van der Waals surface area contributed by atoms with Crippen molar-refractivity contribution in [2.75, 3.05) is 21.7 Å². The van der Waals surface area contributed by atoms with Crippen LogP contribution in [0, 0.1) is 6.92 Å². The van der Waals surface area contributed by atoms with Gasteiger partial charge in [0, 0.05) is 29.9 Å². The smallest absolute Gasteiger partial charge is 0.266 e. The van der Waals surface area contributed by atoms with Crippen LogP contribution in [0.15, 0.2) is 66.7 Å². The number of imide groups is 1. The van der Waals surface area contributed by atoms with Crippen LogP contribution in [0.3, 0.4) is 0 Å². The molecule has 3 aromatic rings. The van der Waals surface area contributed by atoms with E-state index in [4.69, 9.17) is 0 Å². The Balaban J connectivity index is 1.35. The van der Waals surface area contributed by atoms with E-state index >= 15 is 0 Å². The van der Waals surface area contributed by atoms with Gasteiger partial charge in [-0.2, -0.15) is 0 Å². The molecule has 0 bridgehead atoms. The topological polar surface area (TPSA) is 86.8 Å². The van der Waals surface area contributed by atoms with E-state index in [2.05, 4.69) is 5.32 Å². The number of amides is 4. The number of benzene rings is 3. The zero-order valence-corrected chi connectivity index (χ0v) is 18.0. The highest BCUT2D eigenvalue weighted by Gasteiger charge is 2.37. The number of hydrogen-bond donors (Lipinski definition) is 1. The minimum Gasteiger partial charge on any atom is -0.322 e. The standard InChI is InChI=1S/C26H21N3O4/c1-16-5-2-3-6-22(16)29-25(32)20-13-8-17(15-21(20)26(29)33)24(31)27-18-9-11-19(12-10-18)28-14-4-7-23(28)30/h2-3,5-6,8-13,15H,4,7,14H2,1H3,(H,27,31). The van der Waals surface area contributed by atoms with E-state index in [0.29, 0.717) is 24.3 Å². The third-order valence-electron chi connectivity index (χ3n) is 6.02. The number of rotatable bonds is 4. The summed E-state index contributed by atoms with van der Waals surface area (Å²) in [6.45, 7) is 2.54. The maximum Gasteiger partial charge on any atom is 0.266 e. The van der Waals surface area contributed by atoms with Crippen LogP contribution < -0.4 is 15.1 Å². The van der Waals surface area contributed by atoms with Crippen LogP contribution in [0.5, 0.6) is 0 Å². The first kappa shape index (κ1) is 20.6. The van der Waals surface area contributed by atoms with Gasteiger partial charge in [-0.15, -0.1) is 0 Å². The van der Waals surface area contributed by atoms with Gasteiger partial charge >= 0.3 is 0 Å². The minimum absolute atomic E-state index is 0.101. The van der Waals surface area contributed by atoms with Crippen LogP contribution >= 0.6 is 0 Å². The number of hydrogen-bond acceptors (Lipinski definition) is 4. The zero-order valence-electron chi connectivity index (χ0n) is 18.0. The highest BCUT2D eigenvalue weighted by atomic mass is 16.2. The third kappa shape index (κ3) is 3.57. The average Bonchev–Trinajstić information content (AvgIpc) is 3.35. The highest BCUT2D eigenvalue weighted by Crippen LogP contribution is 2.31. The SMILES string of the molecule is Cc1ccccc1N1C(=O)c2ccc(C(=O)Nc3ccc(N4CCCC4=O)cc3)cc2C1=O. The Morgan fingerprint density at radius 3 is 2.30 bits per heavy atom. The molecule has 5 rings (SSSR count). The lowest BCUT2D eigenvalue weighted by molar-refractivity contribution is -0.117. The first-order chi connectivity index (χ1) is 15.9. The van der Waals surface area contributed by atoms with Gasteiger partial charge < -0.3 is 10.2 Å². The van der Waals surface area contributed by atoms with Gasteiger partial charge in [0.25, 0.3) is 17.7 Å². The molecule has 1 saturated heterocycles. The Bertz CT molecular complexity index is 1310. The van der Waals surface area contributed by atoms with Crippen LogP contribution in [0.4, 0.5) is 17.1 Å². The summed E-state index contributed by atoms with van der Waals surface area (Å²) in [5.74, 6) is -1.14. The van der Waals surface area contributed by atoms with Crippen molar-refractivity contribution in [2.24, 2.45) is 0 Å². The van der Waals surface area contributed by atoms with E-state index in [1.54, 1.807) is 41.3 Å². The molecule has 0 aromatic heterocycles. The number of nitrogens with zero attached hydrogens (tertiary/aromatic N) is 2. The fourth-order valence-electron chi connectivity index (χ4n) is 4.26. The largest absolute Gasteiger partial charge is 0.322 e. The van der Waals surface area contributed by atoms with Crippen molar-refractivity contribution in [1.82, 2.24) is 0 Å². The summed E-state index contributed by atoms with van der Waals surface area (Å²) < 4.78 is 0. The van der Waals surface area contributed by atoms with Gasteiger partial charge in [-0.25, -0.2) is 4.90 Å². The molecule has 33 heavy (non-hydrogen) atoms. The second-order valence-electron chi connectivity index (χ2n) is 8.14. The minimum atomic E-state index is -0.446. The lowest BCUT2D eigenvalue weighted by atomic mass is 10.1. The van der Waals surface area contributed by atoms with Gasteiger partial charge in [-0.05, 0) is 67.4 Å². The fraction of sp³-hybridized carbons (Fsp3) is 0.154. The maximum atomic E-state index is 13.0. The van der Waals surface area contributed by atoms with Crippen LogP contribution in [0.25, 0.3) is 0 Å². The lowest BCUT2D eigenvalue weighted by Crippen LogP contribution is -2.29. The molecule has 0 unspecified atom stereocenters. The molecule has 1 N–H and O–H groups in total. The van der Waals surface area contributed by atoms with Crippen LogP contribution in [0.2, 0.25) is 0 Å². The second-order valence-corrected chi connectivity index (χ2v) is 8.14. The monoisotopic (exact) mass is 439 g/mol. The summed E-state index contributed by atoms with van der Waals surface area (Å²) in [5, 5.41) is 2.80. The van der Waals surface area contributed by atoms with Gasteiger partial charge in [-0.3, -0.25) is 19.2 Å². The number of nitrogens with one attached hydrogen (secondary N) is 1.